The van der Waals surface area contributed by atoms with Crippen molar-refractivity contribution in [3.05, 3.63) is 41.8 Å². The third-order valence-corrected chi connectivity index (χ3v) is 5.03. The van der Waals surface area contributed by atoms with Crippen LogP contribution in [0.3, 0.4) is 0 Å². The molecule has 2 rings (SSSR count). The maximum atomic E-state index is 12.0. The number of carbonyl (C=O) groups is 1. The van der Waals surface area contributed by atoms with Crippen LogP contribution in [0.2, 0.25) is 0 Å². The van der Waals surface area contributed by atoms with Crippen LogP contribution >= 0.6 is 11.3 Å². The molecule has 0 atom stereocenters. The molecular weight excluding hydrogens is 300 g/mol. The van der Waals surface area contributed by atoms with Crippen LogP contribution < -0.4 is 15.2 Å². The second-order valence-electron chi connectivity index (χ2n) is 3.82. The van der Waals surface area contributed by atoms with Crippen LogP contribution in [-0.2, 0) is 14.8 Å². The Morgan fingerprint density at radius 3 is 2.50 bits per heavy atom. The molecule has 0 aliphatic heterocycles. The number of benzene rings is 1. The Morgan fingerprint density at radius 1 is 1.25 bits per heavy atom. The van der Waals surface area contributed by atoms with Crippen LogP contribution in [0.1, 0.15) is 0 Å². The molecule has 3 N–H and O–H groups in total. The Labute approximate surface area is 120 Å². The standard InChI is InChI=1S/C12H12N2O4S2/c13-11(15)8-18-10-5-3-9(4-6-10)14-20(16,17)12-2-1-7-19-12/h1-7,14H,8H2,(H2,13,15). The van der Waals surface area contributed by atoms with E-state index in [1.807, 2.05) is 0 Å². The third kappa shape index (κ3) is 3.72. The molecule has 1 aromatic carbocycles. The van der Waals surface area contributed by atoms with Crippen molar-refractivity contribution in [1.29, 1.82) is 0 Å². The normalized spacial score (nSPS) is 11.0. The van der Waals surface area contributed by atoms with Gasteiger partial charge in [0.05, 0.1) is 0 Å². The van der Waals surface area contributed by atoms with Crippen molar-refractivity contribution in [2.24, 2.45) is 5.73 Å². The second kappa shape index (κ2) is 5.93. The summed E-state index contributed by atoms with van der Waals surface area (Å²) in [6, 6.07) is 9.38. The number of hydrogen-bond donors (Lipinski definition) is 2. The predicted molar refractivity (Wildman–Crippen MR) is 76.3 cm³/mol. The number of sulfonamides is 1. The van der Waals surface area contributed by atoms with Gasteiger partial charge in [0.2, 0.25) is 0 Å². The largest absolute Gasteiger partial charge is 0.484 e. The van der Waals surface area contributed by atoms with Crippen molar-refractivity contribution in [1.82, 2.24) is 0 Å². The van der Waals surface area contributed by atoms with Crippen LogP contribution in [0, 0.1) is 0 Å². The van der Waals surface area contributed by atoms with Crippen molar-refractivity contribution in [2.45, 2.75) is 4.21 Å². The number of primary amides is 1. The lowest BCUT2D eigenvalue weighted by molar-refractivity contribution is -0.119. The number of rotatable bonds is 6. The zero-order valence-electron chi connectivity index (χ0n) is 10.3. The van der Waals surface area contributed by atoms with Gasteiger partial charge in [-0.2, -0.15) is 0 Å². The quantitative estimate of drug-likeness (QED) is 0.842. The van der Waals surface area contributed by atoms with Crippen molar-refractivity contribution in [2.75, 3.05) is 11.3 Å². The van der Waals surface area contributed by atoms with Crippen LogP contribution in [0.4, 0.5) is 5.69 Å². The molecule has 106 valence electrons. The summed E-state index contributed by atoms with van der Waals surface area (Å²) in [5.41, 5.74) is 5.36. The van der Waals surface area contributed by atoms with Gasteiger partial charge < -0.3 is 10.5 Å². The smallest absolute Gasteiger partial charge is 0.271 e. The molecule has 0 aliphatic rings. The fourth-order valence-electron chi connectivity index (χ4n) is 1.40. The van der Waals surface area contributed by atoms with Crippen LogP contribution in [0.5, 0.6) is 5.75 Å². The van der Waals surface area contributed by atoms with Gasteiger partial charge in [0.25, 0.3) is 15.9 Å². The van der Waals surface area contributed by atoms with Crippen molar-refractivity contribution in [3.63, 3.8) is 0 Å². The molecule has 0 spiro atoms. The molecule has 2 aromatic rings. The molecule has 0 aliphatic carbocycles. The molecule has 20 heavy (non-hydrogen) atoms. The van der Waals surface area contributed by atoms with Gasteiger partial charge >= 0.3 is 0 Å². The first-order valence-electron chi connectivity index (χ1n) is 5.55. The summed E-state index contributed by atoms with van der Waals surface area (Å²) < 4.78 is 31.7. The Bertz CT molecular complexity index is 679. The number of hydrogen-bond acceptors (Lipinski definition) is 5. The monoisotopic (exact) mass is 312 g/mol. The summed E-state index contributed by atoms with van der Waals surface area (Å²) in [5.74, 6) is -0.143. The zero-order valence-corrected chi connectivity index (χ0v) is 11.9. The maximum absolute atomic E-state index is 12.0. The highest BCUT2D eigenvalue weighted by Gasteiger charge is 2.14. The van der Waals surface area contributed by atoms with Crippen molar-refractivity contribution >= 4 is 33.0 Å². The van der Waals surface area contributed by atoms with E-state index < -0.39 is 15.9 Å². The summed E-state index contributed by atoms with van der Waals surface area (Å²) in [7, 11) is -3.55. The Kier molecular flexibility index (Phi) is 4.26. The summed E-state index contributed by atoms with van der Waals surface area (Å²) in [6.07, 6.45) is 0. The van der Waals surface area contributed by atoms with E-state index in [9.17, 15) is 13.2 Å². The van der Waals surface area contributed by atoms with Gasteiger partial charge in [-0.05, 0) is 35.7 Å². The number of anilines is 1. The van der Waals surface area contributed by atoms with Crippen LogP contribution in [0.15, 0.2) is 46.0 Å². The van der Waals surface area contributed by atoms with E-state index in [1.165, 1.54) is 6.07 Å². The highest BCUT2D eigenvalue weighted by molar-refractivity contribution is 7.94. The van der Waals surface area contributed by atoms with E-state index in [1.54, 1.807) is 35.7 Å². The number of amides is 1. The second-order valence-corrected chi connectivity index (χ2v) is 6.67. The van der Waals surface area contributed by atoms with Gasteiger partial charge in [-0.15, -0.1) is 11.3 Å². The number of thiophene rings is 1. The lowest BCUT2D eigenvalue weighted by Crippen LogP contribution is -2.20. The van der Waals surface area contributed by atoms with Gasteiger partial charge in [0.1, 0.15) is 9.96 Å². The van der Waals surface area contributed by atoms with Gasteiger partial charge in [-0.3, -0.25) is 9.52 Å². The fourth-order valence-corrected chi connectivity index (χ4v) is 3.45. The van der Waals surface area contributed by atoms with E-state index in [2.05, 4.69) is 4.72 Å². The van der Waals surface area contributed by atoms with Crippen LogP contribution in [0.25, 0.3) is 0 Å². The summed E-state index contributed by atoms with van der Waals surface area (Å²) in [6.45, 7) is -0.222. The first-order valence-corrected chi connectivity index (χ1v) is 7.91. The minimum absolute atomic E-state index is 0.222. The molecule has 0 bridgehead atoms. The first-order chi connectivity index (χ1) is 9.47. The van der Waals surface area contributed by atoms with Gasteiger partial charge in [0.15, 0.2) is 6.61 Å². The number of ether oxygens (including phenoxy) is 1. The zero-order chi connectivity index (χ0) is 14.6. The van der Waals surface area contributed by atoms with Crippen molar-refractivity contribution < 1.29 is 17.9 Å². The first kappa shape index (κ1) is 14.4. The lowest BCUT2D eigenvalue weighted by atomic mass is 10.3. The van der Waals surface area contributed by atoms with Gasteiger partial charge in [-0.25, -0.2) is 8.42 Å². The summed E-state index contributed by atoms with van der Waals surface area (Å²) >= 11 is 1.14. The molecule has 8 heteroatoms. The summed E-state index contributed by atoms with van der Waals surface area (Å²) in [4.78, 5) is 10.6. The Hall–Kier alpha value is -2.06. The SMILES string of the molecule is NC(=O)COc1ccc(NS(=O)(=O)c2cccs2)cc1. The molecule has 0 saturated heterocycles. The maximum Gasteiger partial charge on any atom is 0.271 e. The lowest BCUT2D eigenvalue weighted by Gasteiger charge is -2.07. The number of carbonyl (C=O) groups excluding carboxylic acids is 1. The van der Waals surface area contributed by atoms with Crippen LogP contribution in [-0.4, -0.2) is 20.9 Å². The van der Waals surface area contributed by atoms with E-state index in [0.29, 0.717) is 11.4 Å². The van der Waals surface area contributed by atoms with E-state index in [4.69, 9.17) is 10.5 Å². The van der Waals surface area contributed by atoms with E-state index >= 15 is 0 Å². The number of nitrogens with one attached hydrogen (secondary N) is 1. The Balaban J connectivity index is 2.06. The summed E-state index contributed by atoms with van der Waals surface area (Å²) in [5, 5.41) is 1.69. The molecule has 6 nitrogen and oxygen atoms in total. The molecule has 1 aromatic heterocycles. The average molecular weight is 312 g/mol. The minimum Gasteiger partial charge on any atom is -0.484 e. The molecule has 1 amide bonds. The predicted octanol–water partition coefficient (Wildman–Crippen LogP) is 1.41. The van der Waals surface area contributed by atoms with E-state index in [0.717, 1.165) is 11.3 Å². The molecule has 0 fully saturated rings. The molecular formula is C12H12N2O4S2. The highest BCUT2D eigenvalue weighted by Crippen LogP contribution is 2.21. The molecule has 1 heterocycles. The van der Waals surface area contributed by atoms with E-state index in [-0.39, 0.29) is 10.8 Å². The topological polar surface area (TPSA) is 98.5 Å². The van der Waals surface area contributed by atoms with Gasteiger partial charge in [0, 0.05) is 5.69 Å². The van der Waals surface area contributed by atoms with Gasteiger partial charge in [-0.1, -0.05) is 6.07 Å². The molecule has 0 saturated carbocycles. The van der Waals surface area contributed by atoms with Crippen molar-refractivity contribution in [3.8, 4) is 5.75 Å². The Morgan fingerprint density at radius 2 is 1.95 bits per heavy atom. The molecule has 0 unspecified atom stereocenters. The number of nitrogens with two attached hydrogens (primary N) is 1. The third-order valence-electron chi connectivity index (χ3n) is 2.25. The minimum atomic E-state index is -3.55. The highest BCUT2D eigenvalue weighted by atomic mass is 32.2. The molecule has 0 radical (unpaired) electrons. The average Bonchev–Trinajstić information content (AvgIpc) is 2.92. The fraction of sp³-hybridized carbons (Fsp3) is 0.0833.